The summed E-state index contributed by atoms with van der Waals surface area (Å²) in [5.41, 5.74) is 1.38. The Morgan fingerprint density at radius 3 is 2.65 bits per heavy atom. The lowest BCUT2D eigenvalue weighted by Gasteiger charge is -2.36. The van der Waals surface area contributed by atoms with Crippen LogP contribution in [0.1, 0.15) is 18.5 Å². The second-order valence-electron chi connectivity index (χ2n) is 8.68. The molecule has 4 aromatic rings. The van der Waals surface area contributed by atoms with Crippen molar-refractivity contribution in [3.63, 3.8) is 0 Å². The number of aromatic amines is 1. The average Bonchev–Trinajstić information content (AvgIpc) is 2.85. The molecule has 0 aliphatic carbocycles. The first-order valence-electron chi connectivity index (χ1n) is 11.7. The minimum atomic E-state index is -0.842. The molecule has 1 N–H and O–H groups in total. The summed E-state index contributed by atoms with van der Waals surface area (Å²) in [5.74, 6) is -0.842. The monoisotopic (exact) mass is 461 g/mol. The van der Waals surface area contributed by atoms with E-state index in [-0.39, 0.29) is 11.7 Å². The number of H-pyrrole nitrogens is 1. The van der Waals surface area contributed by atoms with Crippen molar-refractivity contribution in [3.8, 4) is 6.01 Å². The summed E-state index contributed by atoms with van der Waals surface area (Å²) in [6, 6.07) is 16.5. The number of piperazine rings is 1. The van der Waals surface area contributed by atoms with Gasteiger partial charge in [0.2, 0.25) is 0 Å². The molecule has 1 aliphatic rings. The number of halogens is 1. The number of ether oxygens (including phenoxy) is 1. The molecule has 0 amide bonds. The minimum Gasteiger partial charge on any atom is -0.463 e. The van der Waals surface area contributed by atoms with Gasteiger partial charge in [0.05, 0.1) is 12.3 Å². The molecule has 0 spiro atoms. The average molecular weight is 462 g/mol. The van der Waals surface area contributed by atoms with E-state index >= 15 is 0 Å². The standard InChI is InChI=1S/C26H28FN5O2/c1-18-21-17-22(27)25(33)29-24(21)30-26(28-18)34-16-5-4-11-31-12-14-32(15-13-31)23-10-6-8-19-7-2-3-9-20(19)23/h2-3,6-10,17H,4-5,11-16H2,1H3,(H,28,29,30,33). The van der Waals surface area contributed by atoms with E-state index in [1.165, 1.54) is 16.5 Å². The zero-order valence-electron chi connectivity index (χ0n) is 19.3. The maximum absolute atomic E-state index is 13.5. The highest BCUT2D eigenvalue weighted by molar-refractivity contribution is 5.94. The molecule has 0 unspecified atom stereocenters. The lowest BCUT2D eigenvalue weighted by Crippen LogP contribution is -2.46. The number of aromatic nitrogens is 3. The zero-order chi connectivity index (χ0) is 23.5. The van der Waals surface area contributed by atoms with Gasteiger partial charge >= 0.3 is 6.01 Å². The summed E-state index contributed by atoms with van der Waals surface area (Å²) in [4.78, 5) is 27.4. The first-order chi connectivity index (χ1) is 16.6. The molecule has 3 heterocycles. The number of unbranched alkanes of at least 4 members (excludes halogenated alkanes) is 1. The van der Waals surface area contributed by atoms with Crippen molar-refractivity contribution >= 4 is 27.5 Å². The Morgan fingerprint density at radius 2 is 1.79 bits per heavy atom. The highest BCUT2D eigenvalue weighted by Crippen LogP contribution is 2.27. The Morgan fingerprint density at radius 1 is 1.00 bits per heavy atom. The van der Waals surface area contributed by atoms with Crippen LogP contribution in [0.2, 0.25) is 0 Å². The molecule has 0 bridgehead atoms. The van der Waals surface area contributed by atoms with Crippen LogP contribution in [0, 0.1) is 12.7 Å². The maximum Gasteiger partial charge on any atom is 0.318 e. The number of nitrogens with zero attached hydrogens (tertiary/aromatic N) is 4. The van der Waals surface area contributed by atoms with E-state index < -0.39 is 11.4 Å². The van der Waals surface area contributed by atoms with Crippen molar-refractivity contribution in [2.75, 3.05) is 44.2 Å². The molecule has 0 saturated carbocycles. The van der Waals surface area contributed by atoms with E-state index in [1.807, 2.05) is 0 Å². The Balaban J connectivity index is 1.08. The molecular formula is C26H28FN5O2. The number of benzene rings is 2. The number of aryl methyl sites for hydroxylation is 1. The highest BCUT2D eigenvalue weighted by Gasteiger charge is 2.18. The third-order valence-corrected chi connectivity index (χ3v) is 6.42. The molecular weight excluding hydrogens is 433 g/mol. The number of rotatable bonds is 7. The van der Waals surface area contributed by atoms with Gasteiger partial charge in [-0.1, -0.05) is 36.4 Å². The Bertz CT molecular complexity index is 1360. The molecule has 34 heavy (non-hydrogen) atoms. The maximum atomic E-state index is 13.5. The van der Waals surface area contributed by atoms with Gasteiger partial charge in [0, 0.05) is 42.6 Å². The normalized spacial score (nSPS) is 14.7. The van der Waals surface area contributed by atoms with Crippen LogP contribution in [-0.2, 0) is 0 Å². The summed E-state index contributed by atoms with van der Waals surface area (Å²) in [6.45, 7) is 7.39. The number of hydrogen-bond donors (Lipinski definition) is 1. The van der Waals surface area contributed by atoms with Crippen LogP contribution >= 0.6 is 0 Å². The van der Waals surface area contributed by atoms with Crippen LogP contribution in [0.15, 0.2) is 53.3 Å². The number of anilines is 1. The summed E-state index contributed by atoms with van der Waals surface area (Å²) in [6.07, 6.45) is 1.90. The number of fused-ring (bicyclic) bond motifs is 2. The largest absolute Gasteiger partial charge is 0.463 e. The minimum absolute atomic E-state index is 0.205. The summed E-state index contributed by atoms with van der Waals surface area (Å²) in [5, 5.41) is 3.08. The smallest absolute Gasteiger partial charge is 0.318 e. The molecule has 1 saturated heterocycles. The third-order valence-electron chi connectivity index (χ3n) is 6.42. The van der Waals surface area contributed by atoms with Crippen molar-refractivity contribution < 1.29 is 9.13 Å². The number of pyridine rings is 1. The number of nitrogens with one attached hydrogen (secondary N) is 1. The van der Waals surface area contributed by atoms with Gasteiger partial charge in [-0.05, 0) is 43.8 Å². The van der Waals surface area contributed by atoms with Crippen molar-refractivity contribution in [1.82, 2.24) is 19.9 Å². The molecule has 0 atom stereocenters. The van der Waals surface area contributed by atoms with Crippen molar-refractivity contribution in [2.45, 2.75) is 19.8 Å². The molecule has 176 valence electrons. The molecule has 7 nitrogen and oxygen atoms in total. The van der Waals surface area contributed by atoms with Crippen LogP contribution in [0.4, 0.5) is 10.1 Å². The summed E-state index contributed by atoms with van der Waals surface area (Å²) >= 11 is 0. The molecule has 2 aromatic heterocycles. The fourth-order valence-electron chi connectivity index (χ4n) is 4.55. The van der Waals surface area contributed by atoms with E-state index in [9.17, 15) is 9.18 Å². The van der Waals surface area contributed by atoms with Crippen LogP contribution < -0.4 is 15.2 Å². The van der Waals surface area contributed by atoms with Gasteiger partial charge in [0.15, 0.2) is 5.82 Å². The second-order valence-corrected chi connectivity index (χ2v) is 8.68. The highest BCUT2D eigenvalue weighted by atomic mass is 19.1. The van der Waals surface area contributed by atoms with Gasteiger partial charge in [0.1, 0.15) is 5.65 Å². The van der Waals surface area contributed by atoms with Crippen LogP contribution in [-0.4, -0.2) is 59.2 Å². The number of hydrogen-bond acceptors (Lipinski definition) is 6. The second kappa shape index (κ2) is 9.77. The SMILES string of the molecule is Cc1nc(OCCCCN2CCN(c3cccc4ccccc34)CC2)nc2[nH]c(=O)c(F)cc12. The first-order valence-corrected chi connectivity index (χ1v) is 11.7. The van der Waals surface area contributed by atoms with Gasteiger partial charge in [-0.15, -0.1) is 0 Å². The van der Waals surface area contributed by atoms with Crippen molar-refractivity contribution in [2.24, 2.45) is 0 Å². The van der Waals surface area contributed by atoms with Crippen molar-refractivity contribution in [3.05, 3.63) is 70.4 Å². The molecule has 2 aromatic carbocycles. The molecule has 1 fully saturated rings. The Labute approximate surface area is 197 Å². The molecule has 1 aliphatic heterocycles. The van der Waals surface area contributed by atoms with E-state index in [2.05, 4.69) is 67.2 Å². The lowest BCUT2D eigenvalue weighted by molar-refractivity contribution is 0.234. The van der Waals surface area contributed by atoms with Crippen LogP contribution in [0.5, 0.6) is 6.01 Å². The first kappa shape index (κ1) is 22.3. The van der Waals surface area contributed by atoms with Gasteiger partial charge in [-0.2, -0.15) is 9.97 Å². The van der Waals surface area contributed by atoms with Crippen LogP contribution in [0.3, 0.4) is 0 Å². The fraction of sp³-hybridized carbons (Fsp3) is 0.346. The van der Waals surface area contributed by atoms with E-state index in [0.717, 1.165) is 51.6 Å². The summed E-state index contributed by atoms with van der Waals surface area (Å²) in [7, 11) is 0. The van der Waals surface area contributed by atoms with E-state index in [0.29, 0.717) is 17.7 Å². The third kappa shape index (κ3) is 4.72. The zero-order valence-corrected chi connectivity index (χ0v) is 19.3. The van der Waals surface area contributed by atoms with Gasteiger partial charge < -0.3 is 14.6 Å². The van der Waals surface area contributed by atoms with Crippen molar-refractivity contribution in [1.29, 1.82) is 0 Å². The predicted molar refractivity (Wildman–Crippen MR) is 132 cm³/mol. The lowest BCUT2D eigenvalue weighted by atomic mass is 10.1. The molecule has 0 radical (unpaired) electrons. The van der Waals surface area contributed by atoms with Gasteiger partial charge in [0.25, 0.3) is 5.56 Å². The predicted octanol–water partition coefficient (Wildman–Crippen LogP) is 3.90. The fourth-order valence-corrected chi connectivity index (χ4v) is 4.55. The van der Waals surface area contributed by atoms with Gasteiger partial charge in [-0.25, -0.2) is 4.39 Å². The quantitative estimate of drug-likeness (QED) is 0.421. The Hall–Kier alpha value is -3.52. The molecule has 5 rings (SSSR count). The summed E-state index contributed by atoms with van der Waals surface area (Å²) < 4.78 is 19.2. The van der Waals surface area contributed by atoms with Gasteiger partial charge in [-0.3, -0.25) is 9.69 Å². The van der Waals surface area contributed by atoms with E-state index in [1.54, 1.807) is 6.92 Å². The van der Waals surface area contributed by atoms with Crippen LogP contribution in [0.25, 0.3) is 21.8 Å². The molecule has 8 heteroatoms. The van der Waals surface area contributed by atoms with E-state index in [4.69, 9.17) is 4.74 Å². The topological polar surface area (TPSA) is 74.3 Å². The Kier molecular flexibility index (Phi) is 6.40.